The van der Waals surface area contributed by atoms with Gasteiger partial charge in [-0.15, -0.1) is 0 Å². The highest BCUT2D eigenvalue weighted by Crippen LogP contribution is 2.03. The maximum Gasteiger partial charge on any atom is 0.227 e. The average Bonchev–Trinajstić information content (AvgIpc) is 2.84. The van der Waals surface area contributed by atoms with Crippen molar-refractivity contribution in [3.63, 3.8) is 0 Å². The van der Waals surface area contributed by atoms with Crippen LogP contribution < -0.4 is 5.32 Å². The third kappa shape index (κ3) is 6.33. The minimum Gasteiger partial charge on any atom is -0.393 e. The van der Waals surface area contributed by atoms with Gasteiger partial charge in [0.05, 0.1) is 6.10 Å². The second-order valence-corrected chi connectivity index (χ2v) is 4.56. The molecule has 0 bridgehead atoms. The van der Waals surface area contributed by atoms with Crippen LogP contribution in [0.3, 0.4) is 0 Å². The van der Waals surface area contributed by atoms with Crippen molar-refractivity contribution in [3.05, 3.63) is 11.7 Å². The standard InChI is InChI=1S/C13H23N3O3/c1-3-5-11-15-13(19-16-11)7-6-12(18)14-9-8-10(17)4-2/h10,17H,3-9H2,1-2H3,(H,14,18). The fourth-order valence-corrected chi connectivity index (χ4v) is 1.61. The Morgan fingerprint density at radius 3 is 2.89 bits per heavy atom. The summed E-state index contributed by atoms with van der Waals surface area (Å²) in [4.78, 5) is 15.7. The Bertz CT molecular complexity index is 379. The lowest BCUT2D eigenvalue weighted by Crippen LogP contribution is -2.27. The Labute approximate surface area is 113 Å². The number of hydrogen-bond donors (Lipinski definition) is 2. The van der Waals surface area contributed by atoms with Crippen molar-refractivity contribution >= 4 is 5.91 Å². The van der Waals surface area contributed by atoms with E-state index in [1.807, 2.05) is 13.8 Å². The van der Waals surface area contributed by atoms with Gasteiger partial charge in [0.15, 0.2) is 5.82 Å². The van der Waals surface area contributed by atoms with E-state index in [-0.39, 0.29) is 12.0 Å². The predicted molar refractivity (Wildman–Crippen MR) is 70.5 cm³/mol. The van der Waals surface area contributed by atoms with E-state index in [9.17, 15) is 9.90 Å². The van der Waals surface area contributed by atoms with Crippen LogP contribution in [0.25, 0.3) is 0 Å². The molecule has 2 N–H and O–H groups in total. The first-order valence-corrected chi connectivity index (χ1v) is 6.91. The van der Waals surface area contributed by atoms with Crippen molar-refractivity contribution in [2.45, 2.75) is 58.5 Å². The van der Waals surface area contributed by atoms with Gasteiger partial charge < -0.3 is 14.9 Å². The number of aryl methyl sites for hydroxylation is 2. The fourth-order valence-electron chi connectivity index (χ4n) is 1.61. The molecular weight excluding hydrogens is 246 g/mol. The number of aliphatic hydroxyl groups is 1. The number of carbonyl (C=O) groups is 1. The SMILES string of the molecule is CCCc1noc(CCC(=O)NCCC(O)CC)n1. The van der Waals surface area contributed by atoms with Gasteiger partial charge in [0.1, 0.15) is 0 Å². The largest absolute Gasteiger partial charge is 0.393 e. The number of nitrogens with one attached hydrogen (secondary N) is 1. The minimum absolute atomic E-state index is 0.0569. The number of nitrogens with zero attached hydrogens (tertiary/aromatic N) is 2. The van der Waals surface area contributed by atoms with Gasteiger partial charge in [-0.1, -0.05) is 19.0 Å². The summed E-state index contributed by atoms with van der Waals surface area (Å²) in [6, 6.07) is 0. The molecule has 1 rings (SSSR count). The molecule has 1 atom stereocenters. The first kappa shape index (κ1) is 15.6. The zero-order chi connectivity index (χ0) is 14.1. The van der Waals surface area contributed by atoms with Crippen molar-refractivity contribution in [1.29, 1.82) is 0 Å². The van der Waals surface area contributed by atoms with Crippen LogP contribution in [-0.2, 0) is 17.6 Å². The summed E-state index contributed by atoms with van der Waals surface area (Å²) in [6.07, 6.45) is 3.51. The van der Waals surface area contributed by atoms with Crippen molar-refractivity contribution in [2.75, 3.05) is 6.54 Å². The lowest BCUT2D eigenvalue weighted by molar-refractivity contribution is -0.121. The molecule has 1 aromatic heterocycles. The Hall–Kier alpha value is -1.43. The molecule has 0 fully saturated rings. The van der Waals surface area contributed by atoms with Crippen molar-refractivity contribution in [1.82, 2.24) is 15.5 Å². The summed E-state index contributed by atoms with van der Waals surface area (Å²) >= 11 is 0. The molecule has 6 heteroatoms. The summed E-state index contributed by atoms with van der Waals surface area (Å²) in [7, 11) is 0. The van der Waals surface area contributed by atoms with Crippen LogP contribution in [0.2, 0.25) is 0 Å². The molecule has 0 aliphatic carbocycles. The molecule has 1 heterocycles. The van der Waals surface area contributed by atoms with E-state index in [4.69, 9.17) is 4.52 Å². The molecule has 0 radical (unpaired) electrons. The van der Waals surface area contributed by atoms with Crippen molar-refractivity contribution in [3.8, 4) is 0 Å². The van der Waals surface area contributed by atoms with Gasteiger partial charge in [0, 0.05) is 25.8 Å². The second kappa shape index (κ2) is 8.63. The third-order valence-corrected chi connectivity index (χ3v) is 2.82. The monoisotopic (exact) mass is 269 g/mol. The van der Waals surface area contributed by atoms with Gasteiger partial charge in [0.2, 0.25) is 11.8 Å². The summed E-state index contributed by atoms with van der Waals surface area (Å²) < 4.78 is 5.05. The van der Waals surface area contributed by atoms with Gasteiger partial charge in [0.25, 0.3) is 0 Å². The van der Waals surface area contributed by atoms with Gasteiger partial charge in [-0.2, -0.15) is 4.98 Å². The number of aliphatic hydroxyl groups excluding tert-OH is 1. The Balaban J connectivity index is 2.18. The van der Waals surface area contributed by atoms with E-state index >= 15 is 0 Å². The van der Waals surface area contributed by atoms with Crippen LogP contribution in [0, 0.1) is 0 Å². The van der Waals surface area contributed by atoms with Crippen molar-refractivity contribution < 1.29 is 14.4 Å². The molecule has 19 heavy (non-hydrogen) atoms. The molecule has 0 aromatic carbocycles. The van der Waals surface area contributed by atoms with E-state index in [2.05, 4.69) is 15.5 Å². The fraction of sp³-hybridized carbons (Fsp3) is 0.769. The molecular formula is C13H23N3O3. The Morgan fingerprint density at radius 2 is 2.21 bits per heavy atom. The second-order valence-electron chi connectivity index (χ2n) is 4.56. The number of amides is 1. The highest BCUT2D eigenvalue weighted by Gasteiger charge is 2.09. The topological polar surface area (TPSA) is 88.2 Å². The van der Waals surface area contributed by atoms with Crippen LogP contribution in [0.1, 0.15) is 51.2 Å². The molecule has 1 amide bonds. The van der Waals surface area contributed by atoms with E-state index in [0.717, 1.165) is 12.8 Å². The summed E-state index contributed by atoms with van der Waals surface area (Å²) in [5.41, 5.74) is 0. The Morgan fingerprint density at radius 1 is 1.42 bits per heavy atom. The molecule has 0 spiro atoms. The number of hydrogen-bond acceptors (Lipinski definition) is 5. The zero-order valence-electron chi connectivity index (χ0n) is 11.7. The zero-order valence-corrected chi connectivity index (χ0v) is 11.7. The summed E-state index contributed by atoms with van der Waals surface area (Å²) in [5.74, 6) is 1.15. The summed E-state index contributed by atoms with van der Waals surface area (Å²) in [6.45, 7) is 4.46. The van der Waals surface area contributed by atoms with Crippen LogP contribution in [0.4, 0.5) is 0 Å². The van der Waals surface area contributed by atoms with Gasteiger partial charge in [-0.3, -0.25) is 4.79 Å². The van der Waals surface area contributed by atoms with E-state index in [0.29, 0.717) is 43.9 Å². The highest BCUT2D eigenvalue weighted by atomic mass is 16.5. The normalized spacial score (nSPS) is 12.4. The van der Waals surface area contributed by atoms with Gasteiger partial charge >= 0.3 is 0 Å². The highest BCUT2D eigenvalue weighted by molar-refractivity contribution is 5.75. The molecule has 0 saturated carbocycles. The number of aromatic nitrogens is 2. The van der Waals surface area contributed by atoms with Gasteiger partial charge in [-0.25, -0.2) is 0 Å². The molecule has 108 valence electrons. The smallest absolute Gasteiger partial charge is 0.227 e. The van der Waals surface area contributed by atoms with Crippen LogP contribution in [0.15, 0.2) is 4.52 Å². The maximum absolute atomic E-state index is 11.5. The lowest BCUT2D eigenvalue weighted by atomic mass is 10.2. The van der Waals surface area contributed by atoms with E-state index < -0.39 is 0 Å². The predicted octanol–water partition coefficient (Wildman–Crippen LogP) is 1.23. The number of rotatable bonds is 9. The summed E-state index contributed by atoms with van der Waals surface area (Å²) in [5, 5.41) is 15.9. The third-order valence-electron chi connectivity index (χ3n) is 2.82. The van der Waals surface area contributed by atoms with Crippen LogP contribution in [0.5, 0.6) is 0 Å². The minimum atomic E-state index is -0.340. The molecule has 1 aromatic rings. The average molecular weight is 269 g/mol. The molecule has 0 aliphatic rings. The first-order valence-electron chi connectivity index (χ1n) is 6.91. The molecule has 6 nitrogen and oxygen atoms in total. The van der Waals surface area contributed by atoms with Gasteiger partial charge in [-0.05, 0) is 19.3 Å². The molecule has 0 aliphatic heterocycles. The Kier molecular flexibility index (Phi) is 7.10. The van der Waals surface area contributed by atoms with Crippen LogP contribution in [-0.4, -0.2) is 33.8 Å². The molecule has 0 saturated heterocycles. The van der Waals surface area contributed by atoms with E-state index in [1.165, 1.54) is 0 Å². The maximum atomic E-state index is 11.5. The van der Waals surface area contributed by atoms with Crippen LogP contribution >= 0.6 is 0 Å². The number of carbonyl (C=O) groups excluding carboxylic acids is 1. The lowest BCUT2D eigenvalue weighted by Gasteiger charge is -2.08. The first-order chi connectivity index (χ1) is 9.15. The van der Waals surface area contributed by atoms with Crippen molar-refractivity contribution in [2.24, 2.45) is 0 Å². The molecule has 1 unspecified atom stereocenters. The van der Waals surface area contributed by atoms with E-state index in [1.54, 1.807) is 0 Å². The quantitative estimate of drug-likeness (QED) is 0.704.